The van der Waals surface area contributed by atoms with Gasteiger partial charge in [0, 0.05) is 12.7 Å². The summed E-state index contributed by atoms with van der Waals surface area (Å²) in [6.07, 6.45) is 2.51. The zero-order valence-corrected chi connectivity index (χ0v) is 18.5. The summed E-state index contributed by atoms with van der Waals surface area (Å²) < 4.78 is 7.18. The number of pyridine rings is 1. The van der Waals surface area contributed by atoms with Crippen LogP contribution in [-0.2, 0) is 11.2 Å². The van der Waals surface area contributed by atoms with E-state index in [0.29, 0.717) is 23.2 Å². The second kappa shape index (κ2) is 10.6. The van der Waals surface area contributed by atoms with Crippen LogP contribution in [0, 0.1) is 0 Å². The molecule has 7 nitrogen and oxygen atoms in total. The minimum Gasteiger partial charge on any atom is -0.497 e. The van der Waals surface area contributed by atoms with E-state index in [4.69, 9.17) is 4.74 Å². The number of nitrogens with zero attached hydrogens (tertiary/aromatic N) is 4. The fourth-order valence-electron chi connectivity index (χ4n) is 3.16. The van der Waals surface area contributed by atoms with Gasteiger partial charge in [-0.25, -0.2) is 0 Å². The number of aromatic nitrogens is 4. The summed E-state index contributed by atoms with van der Waals surface area (Å²) in [6.45, 7) is 0.591. The third-order valence-corrected chi connectivity index (χ3v) is 5.70. The highest BCUT2D eigenvalue weighted by Gasteiger charge is 2.18. The Bertz CT molecular complexity index is 1150. The van der Waals surface area contributed by atoms with Crippen molar-refractivity contribution in [2.75, 3.05) is 19.4 Å². The first kappa shape index (κ1) is 21.6. The monoisotopic (exact) mass is 445 g/mol. The Morgan fingerprint density at radius 3 is 2.50 bits per heavy atom. The molecule has 32 heavy (non-hydrogen) atoms. The van der Waals surface area contributed by atoms with Crippen LogP contribution >= 0.6 is 11.8 Å². The average Bonchev–Trinajstić information content (AvgIpc) is 3.28. The predicted octanol–water partition coefficient (Wildman–Crippen LogP) is 3.79. The number of ether oxygens (including phenoxy) is 1. The van der Waals surface area contributed by atoms with Gasteiger partial charge in [-0.2, -0.15) is 0 Å². The molecule has 4 rings (SSSR count). The van der Waals surface area contributed by atoms with Crippen molar-refractivity contribution in [2.45, 2.75) is 11.6 Å². The third-order valence-electron chi connectivity index (χ3n) is 4.77. The van der Waals surface area contributed by atoms with Gasteiger partial charge in [-0.1, -0.05) is 48.2 Å². The Labute approximate surface area is 190 Å². The summed E-state index contributed by atoms with van der Waals surface area (Å²) in [4.78, 5) is 16.8. The lowest BCUT2D eigenvalue weighted by Gasteiger charge is -2.11. The number of nitrogens with one attached hydrogen (secondary N) is 1. The summed E-state index contributed by atoms with van der Waals surface area (Å²) >= 11 is 1.34. The molecule has 0 bridgehead atoms. The maximum Gasteiger partial charge on any atom is 0.230 e. The third kappa shape index (κ3) is 5.33. The number of thioether (sulfide) groups is 1. The summed E-state index contributed by atoms with van der Waals surface area (Å²) in [5, 5.41) is 12.3. The van der Waals surface area contributed by atoms with Crippen LogP contribution in [0.5, 0.6) is 5.75 Å². The number of amides is 1. The van der Waals surface area contributed by atoms with Crippen molar-refractivity contribution in [1.82, 2.24) is 25.1 Å². The van der Waals surface area contributed by atoms with E-state index in [1.807, 2.05) is 65.2 Å². The molecule has 2 aromatic carbocycles. The first-order valence-corrected chi connectivity index (χ1v) is 11.2. The summed E-state index contributed by atoms with van der Waals surface area (Å²) in [5.74, 6) is 1.57. The summed E-state index contributed by atoms with van der Waals surface area (Å²) in [6, 6.07) is 23.3. The molecular weight excluding hydrogens is 422 g/mol. The van der Waals surface area contributed by atoms with Crippen LogP contribution in [0.25, 0.3) is 17.2 Å². The first-order valence-electron chi connectivity index (χ1n) is 10.2. The Hall–Kier alpha value is -3.65. The van der Waals surface area contributed by atoms with E-state index in [2.05, 4.69) is 32.6 Å². The van der Waals surface area contributed by atoms with Crippen molar-refractivity contribution >= 4 is 17.7 Å². The normalized spacial score (nSPS) is 10.7. The maximum absolute atomic E-state index is 12.4. The lowest BCUT2D eigenvalue weighted by Crippen LogP contribution is -2.27. The topological polar surface area (TPSA) is 81.9 Å². The second-order valence-corrected chi connectivity index (χ2v) is 7.87. The molecule has 0 saturated heterocycles. The van der Waals surface area contributed by atoms with Gasteiger partial charge in [-0.15, -0.1) is 10.2 Å². The molecule has 2 heterocycles. The van der Waals surface area contributed by atoms with Gasteiger partial charge in [-0.05, 0) is 48.4 Å². The molecule has 0 unspecified atom stereocenters. The highest BCUT2D eigenvalue weighted by atomic mass is 32.2. The molecule has 4 aromatic rings. The number of benzene rings is 2. The fourth-order valence-corrected chi connectivity index (χ4v) is 3.94. The van der Waals surface area contributed by atoms with E-state index >= 15 is 0 Å². The SMILES string of the molecule is COc1ccc(-n2c(SCC(=O)NCCc3ccccc3)nnc2-c2ccccn2)cc1. The van der Waals surface area contributed by atoms with Gasteiger partial charge in [0.25, 0.3) is 0 Å². The van der Waals surface area contributed by atoms with E-state index in [0.717, 1.165) is 17.9 Å². The number of hydrogen-bond acceptors (Lipinski definition) is 6. The molecule has 0 atom stereocenters. The van der Waals surface area contributed by atoms with Crippen LogP contribution in [-0.4, -0.2) is 45.1 Å². The van der Waals surface area contributed by atoms with Crippen molar-refractivity contribution in [1.29, 1.82) is 0 Å². The molecule has 0 aliphatic carbocycles. The lowest BCUT2D eigenvalue weighted by atomic mass is 10.1. The van der Waals surface area contributed by atoms with Gasteiger partial charge in [0.15, 0.2) is 11.0 Å². The van der Waals surface area contributed by atoms with Crippen LogP contribution in [0.2, 0.25) is 0 Å². The summed E-state index contributed by atoms with van der Waals surface area (Å²) in [7, 11) is 1.63. The van der Waals surface area contributed by atoms with Gasteiger partial charge in [-0.3, -0.25) is 14.3 Å². The summed E-state index contributed by atoms with van der Waals surface area (Å²) in [5.41, 5.74) is 2.76. The van der Waals surface area contributed by atoms with Gasteiger partial charge in [0.1, 0.15) is 11.4 Å². The minimum absolute atomic E-state index is 0.0467. The smallest absolute Gasteiger partial charge is 0.230 e. The molecular formula is C24H23N5O2S. The highest BCUT2D eigenvalue weighted by molar-refractivity contribution is 7.99. The van der Waals surface area contributed by atoms with Crippen LogP contribution in [0.3, 0.4) is 0 Å². The molecule has 1 amide bonds. The van der Waals surface area contributed by atoms with Gasteiger partial charge in [0.2, 0.25) is 5.91 Å². The number of methoxy groups -OCH3 is 1. The van der Waals surface area contributed by atoms with Crippen LogP contribution in [0.15, 0.2) is 84.1 Å². The van der Waals surface area contributed by atoms with E-state index in [9.17, 15) is 4.79 Å². The van der Waals surface area contributed by atoms with Gasteiger partial charge < -0.3 is 10.1 Å². The van der Waals surface area contributed by atoms with Crippen LogP contribution in [0.1, 0.15) is 5.56 Å². The molecule has 162 valence electrons. The first-order chi connectivity index (χ1) is 15.7. The fraction of sp³-hybridized carbons (Fsp3) is 0.167. The molecule has 1 N–H and O–H groups in total. The molecule has 0 radical (unpaired) electrons. The zero-order chi connectivity index (χ0) is 22.2. The van der Waals surface area contributed by atoms with Crippen molar-refractivity contribution in [3.05, 3.63) is 84.6 Å². The number of hydrogen-bond donors (Lipinski definition) is 1. The molecule has 0 spiro atoms. The van der Waals surface area contributed by atoms with Crippen molar-refractivity contribution in [3.8, 4) is 23.0 Å². The van der Waals surface area contributed by atoms with E-state index in [1.54, 1.807) is 13.3 Å². The Morgan fingerprint density at radius 2 is 1.78 bits per heavy atom. The Morgan fingerprint density at radius 1 is 1.00 bits per heavy atom. The van der Waals surface area contributed by atoms with E-state index < -0.39 is 0 Å². The quantitative estimate of drug-likeness (QED) is 0.395. The zero-order valence-electron chi connectivity index (χ0n) is 17.6. The van der Waals surface area contributed by atoms with Crippen LogP contribution < -0.4 is 10.1 Å². The molecule has 0 saturated carbocycles. The standard InChI is InChI=1S/C24H23N5O2S/c1-31-20-12-10-19(11-13-20)29-23(21-9-5-6-15-25-21)27-28-24(29)32-17-22(30)26-16-14-18-7-3-2-4-8-18/h2-13,15H,14,16-17H2,1H3,(H,26,30). The second-order valence-electron chi connectivity index (χ2n) is 6.93. The molecule has 0 fully saturated rings. The predicted molar refractivity (Wildman–Crippen MR) is 125 cm³/mol. The van der Waals surface area contributed by atoms with E-state index in [1.165, 1.54) is 17.3 Å². The molecule has 2 aromatic heterocycles. The Balaban J connectivity index is 1.48. The Kier molecular flexibility index (Phi) is 7.14. The molecule has 0 aliphatic rings. The number of carbonyl (C=O) groups is 1. The van der Waals surface area contributed by atoms with Crippen LogP contribution in [0.4, 0.5) is 0 Å². The maximum atomic E-state index is 12.4. The highest BCUT2D eigenvalue weighted by Crippen LogP contribution is 2.27. The number of carbonyl (C=O) groups excluding carboxylic acids is 1. The largest absolute Gasteiger partial charge is 0.497 e. The van der Waals surface area contributed by atoms with Crippen molar-refractivity contribution in [2.24, 2.45) is 0 Å². The molecule has 0 aliphatic heterocycles. The van der Waals surface area contributed by atoms with Gasteiger partial charge >= 0.3 is 0 Å². The van der Waals surface area contributed by atoms with Gasteiger partial charge in [0.05, 0.1) is 18.6 Å². The number of rotatable bonds is 9. The van der Waals surface area contributed by atoms with E-state index in [-0.39, 0.29) is 11.7 Å². The average molecular weight is 446 g/mol. The lowest BCUT2D eigenvalue weighted by molar-refractivity contribution is -0.118. The van der Waals surface area contributed by atoms with Crippen molar-refractivity contribution < 1.29 is 9.53 Å². The minimum atomic E-state index is -0.0467. The van der Waals surface area contributed by atoms with Crippen molar-refractivity contribution in [3.63, 3.8) is 0 Å². The molecule has 8 heteroatoms.